The fraction of sp³-hybridized carbons (Fsp3) is 0.0909. The number of nitrogens with one attached hydrogen (secondary N) is 2. The summed E-state index contributed by atoms with van der Waals surface area (Å²) in [5, 5.41) is 6.15. The van der Waals surface area contributed by atoms with Crippen LogP contribution in [0, 0.1) is 0 Å². The third-order valence-corrected chi connectivity index (χ3v) is 4.35. The van der Waals surface area contributed by atoms with Crippen molar-refractivity contribution < 1.29 is 9.21 Å². The highest BCUT2D eigenvalue weighted by Crippen LogP contribution is 2.24. The van der Waals surface area contributed by atoms with Crippen LogP contribution in [-0.4, -0.2) is 10.9 Å². The molecule has 0 spiro atoms. The van der Waals surface area contributed by atoms with E-state index < -0.39 is 0 Å². The molecular formula is C22H19N3O2. The SMILES string of the molecule is C[C@@H](NC(=O)c1ccccc1Nc1nc2ccccc2o1)c1ccccc1. The van der Waals surface area contributed by atoms with Gasteiger partial charge in [-0.3, -0.25) is 4.79 Å². The van der Waals surface area contributed by atoms with Crippen LogP contribution in [0.5, 0.6) is 0 Å². The van der Waals surface area contributed by atoms with E-state index >= 15 is 0 Å². The first kappa shape index (κ1) is 16.8. The van der Waals surface area contributed by atoms with Crippen LogP contribution in [0.4, 0.5) is 11.7 Å². The number of amides is 1. The van der Waals surface area contributed by atoms with Crippen LogP contribution in [0.2, 0.25) is 0 Å². The summed E-state index contributed by atoms with van der Waals surface area (Å²) in [5.74, 6) is -0.162. The summed E-state index contributed by atoms with van der Waals surface area (Å²) in [6.07, 6.45) is 0. The number of oxazole rings is 1. The normalized spacial score (nSPS) is 11.9. The number of fused-ring (bicyclic) bond motifs is 1. The van der Waals surface area contributed by atoms with E-state index in [-0.39, 0.29) is 11.9 Å². The standard InChI is InChI=1S/C22H19N3O2/c1-15(16-9-3-2-4-10-16)23-21(26)17-11-5-6-12-18(17)24-22-25-19-13-7-8-14-20(19)27-22/h2-15H,1H3,(H,23,26)(H,24,25)/t15-/m1/s1. The Morgan fingerprint density at radius 1 is 0.926 bits per heavy atom. The molecule has 0 unspecified atom stereocenters. The third-order valence-electron chi connectivity index (χ3n) is 4.35. The topological polar surface area (TPSA) is 67.2 Å². The highest BCUT2D eigenvalue weighted by Gasteiger charge is 2.16. The molecule has 27 heavy (non-hydrogen) atoms. The van der Waals surface area contributed by atoms with Gasteiger partial charge in [0.05, 0.1) is 17.3 Å². The van der Waals surface area contributed by atoms with E-state index in [4.69, 9.17) is 4.42 Å². The van der Waals surface area contributed by atoms with E-state index in [1.165, 1.54) is 0 Å². The Labute approximate surface area is 157 Å². The Balaban J connectivity index is 1.56. The van der Waals surface area contributed by atoms with E-state index in [1.54, 1.807) is 6.07 Å². The Kier molecular flexibility index (Phi) is 4.58. The number of benzene rings is 3. The zero-order chi connectivity index (χ0) is 18.6. The monoisotopic (exact) mass is 357 g/mol. The number of hydrogen-bond donors (Lipinski definition) is 2. The minimum atomic E-state index is -0.162. The highest BCUT2D eigenvalue weighted by atomic mass is 16.4. The Morgan fingerprint density at radius 3 is 2.44 bits per heavy atom. The lowest BCUT2D eigenvalue weighted by atomic mass is 10.1. The van der Waals surface area contributed by atoms with Gasteiger partial charge < -0.3 is 15.1 Å². The predicted molar refractivity (Wildman–Crippen MR) is 106 cm³/mol. The Hall–Kier alpha value is -3.60. The molecule has 134 valence electrons. The summed E-state index contributed by atoms with van der Waals surface area (Å²) in [6.45, 7) is 1.96. The molecule has 0 aliphatic carbocycles. The van der Waals surface area contributed by atoms with Crippen molar-refractivity contribution in [2.75, 3.05) is 5.32 Å². The van der Waals surface area contributed by atoms with E-state index in [0.29, 0.717) is 22.8 Å². The molecule has 4 aromatic rings. The van der Waals surface area contributed by atoms with Crippen molar-refractivity contribution >= 4 is 28.7 Å². The molecule has 3 aromatic carbocycles. The van der Waals surface area contributed by atoms with Crippen molar-refractivity contribution in [2.45, 2.75) is 13.0 Å². The number of carbonyl (C=O) groups is 1. The molecule has 1 atom stereocenters. The van der Waals surface area contributed by atoms with Crippen LogP contribution in [-0.2, 0) is 0 Å². The van der Waals surface area contributed by atoms with E-state index in [0.717, 1.165) is 11.1 Å². The zero-order valence-electron chi connectivity index (χ0n) is 14.8. The maximum absolute atomic E-state index is 12.8. The molecule has 1 amide bonds. The molecule has 0 aliphatic heterocycles. The molecule has 0 radical (unpaired) electrons. The quantitative estimate of drug-likeness (QED) is 0.524. The largest absolute Gasteiger partial charge is 0.423 e. The van der Waals surface area contributed by atoms with Gasteiger partial charge >= 0.3 is 0 Å². The van der Waals surface area contributed by atoms with Gasteiger partial charge in [-0.25, -0.2) is 0 Å². The molecular weight excluding hydrogens is 338 g/mol. The van der Waals surface area contributed by atoms with Gasteiger partial charge in [0, 0.05) is 0 Å². The Morgan fingerprint density at radius 2 is 1.63 bits per heavy atom. The number of aromatic nitrogens is 1. The average molecular weight is 357 g/mol. The molecule has 0 aliphatic rings. The molecule has 2 N–H and O–H groups in total. The van der Waals surface area contributed by atoms with Gasteiger partial charge in [-0.2, -0.15) is 4.98 Å². The molecule has 0 bridgehead atoms. The minimum Gasteiger partial charge on any atom is -0.423 e. The van der Waals surface area contributed by atoms with E-state index in [2.05, 4.69) is 15.6 Å². The van der Waals surface area contributed by atoms with Crippen LogP contribution in [0.15, 0.2) is 83.3 Å². The van der Waals surface area contributed by atoms with Crippen LogP contribution >= 0.6 is 0 Å². The number of carbonyl (C=O) groups excluding carboxylic acids is 1. The van der Waals surface area contributed by atoms with Gasteiger partial charge in [0.25, 0.3) is 11.9 Å². The number of hydrogen-bond acceptors (Lipinski definition) is 4. The summed E-state index contributed by atoms with van der Waals surface area (Å²) in [7, 11) is 0. The molecule has 0 saturated carbocycles. The van der Waals surface area contributed by atoms with Crippen molar-refractivity contribution in [3.8, 4) is 0 Å². The van der Waals surface area contributed by atoms with Crippen molar-refractivity contribution in [3.05, 3.63) is 90.0 Å². The van der Waals surface area contributed by atoms with Crippen LogP contribution < -0.4 is 10.6 Å². The average Bonchev–Trinajstić information content (AvgIpc) is 3.11. The van der Waals surface area contributed by atoms with Gasteiger partial charge in [0.15, 0.2) is 5.58 Å². The lowest BCUT2D eigenvalue weighted by Crippen LogP contribution is -2.27. The maximum atomic E-state index is 12.8. The molecule has 5 heteroatoms. The second-order valence-electron chi connectivity index (χ2n) is 6.26. The van der Waals surface area contributed by atoms with Gasteiger partial charge in [0.1, 0.15) is 5.52 Å². The van der Waals surface area contributed by atoms with Gasteiger partial charge in [-0.05, 0) is 36.8 Å². The van der Waals surface area contributed by atoms with Gasteiger partial charge in [-0.15, -0.1) is 0 Å². The van der Waals surface area contributed by atoms with Crippen molar-refractivity contribution in [1.82, 2.24) is 10.3 Å². The van der Waals surface area contributed by atoms with Crippen molar-refractivity contribution in [1.29, 1.82) is 0 Å². The van der Waals surface area contributed by atoms with Crippen LogP contribution in [0.25, 0.3) is 11.1 Å². The van der Waals surface area contributed by atoms with E-state index in [1.807, 2.05) is 79.7 Å². The molecule has 0 saturated heterocycles. The van der Waals surface area contributed by atoms with Crippen LogP contribution in [0.1, 0.15) is 28.9 Å². The van der Waals surface area contributed by atoms with Gasteiger partial charge in [0.2, 0.25) is 0 Å². The first-order valence-electron chi connectivity index (χ1n) is 8.78. The molecule has 1 aromatic heterocycles. The molecule has 0 fully saturated rings. The third kappa shape index (κ3) is 3.67. The summed E-state index contributed by atoms with van der Waals surface area (Å²) in [4.78, 5) is 17.2. The molecule has 4 rings (SSSR count). The van der Waals surface area contributed by atoms with Gasteiger partial charge in [-0.1, -0.05) is 54.6 Å². The summed E-state index contributed by atoms with van der Waals surface area (Å²) in [5.41, 5.74) is 3.68. The summed E-state index contributed by atoms with van der Waals surface area (Å²) >= 11 is 0. The first-order chi connectivity index (χ1) is 13.2. The highest BCUT2D eigenvalue weighted by molar-refractivity contribution is 6.00. The van der Waals surface area contributed by atoms with Crippen molar-refractivity contribution in [3.63, 3.8) is 0 Å². The number of anilines is 2. The number of rotatable bonds is 5. The lowest BCUT2D eigenvalue weighted by Gasteiger charge is -2.16. The Bertz CT molecular complexity index is 1040. The predicted octanol–water partition coefficient (Wildman–Crippen LogP) is 5.06. The molecule has 1 heterocycles. The molecule has 5 nitrogen and oxygen atoms in total. The lowest BCUT2D eigenvalue weighted by molar-refractivity contribution is 0.0940. The fourth-order valence-electron chi connectivity index (χ4n) is 2.93. The van der Waals surface area contributed by atoms with E-state index in [9.17, 15) is 4.79 Å². The first-order valence-corrected chi connectivity index (χ1v) is 8.78. The van der Waals surface area contributed by atoms with Crippen molar-refractivity contribution in [2.24, 2.45) is 0 Å². The second kappa shape index (κ2) is 7.33. The fourth-order valence-corrected chi connectivity index (χ4v) is 2.93. The number of nitrogens with zero attached hydrogens (tertiary/aromatic N) is 1. The summed E-state index contributed by atoms with van der Waals surface area (Å²) in [6, 6.07) is 24.9. The smallest absolute Gasteiger partial charge is 0.300 e. The zero-order valence-corrected chi connectivity index (χ0v) is 14.8. The number of para-hydroxylation sites is 3. The second-order valence-corrected chi connectivity index (χ2v) is 6.26. The van der Waals surface area contributed by atoms with Crippen LogP contribution in [0.3, 0.4) is 0 Å². The minimum absolute atomic E-state index is 0.101. The summed E-state index contributed by atoms with van der Waals surface area (Å²) < 4.78 is 5.70. The maximum Gasteiger partial charge on any atom is 0.300 e.